The van der Waals surface area contributed by atoms with Gasteiger partial charge in [0.15, 0.2) is 0 Å². The number of ether oxygens (including phenoxy) is 1. The minimum Gasteiger partial charge on any atom is -0.378 e. The van der Waals surface area contributed by atoms with Crippen molar-refractivity contribution in [2.24, 2.45) is 0 Å². The molecule has 3 heteroatoms. The van der Waals surface area contributed by atoms with Crippen molar-refractivity contribution in [2.75, 3.05) is 18.5 Å². The number of nitrogens with zero attached hydrogens (tertiary/aromatic N) is 1. The van der Waals surface area contributed by atoms with E-state index in [1.54, 1.807) is 0 Å². The Morgan fingerprint density at radius 1 is 1.38 bits per heavy atom. The molecule has 0 saturated carbocycles. The van der Waals surface area contributed by atoms with Crippen molar-refractivity contribution < 1.29 is 4.74 Å². The van der Waals surface area contributed by atoms with Crippen LogP contribution in [0, 0.1) is 0 Å². The van der Waals surface area contributed by atoms with Crippen LogP contribution in [0.25, 0.3) is 0 Å². The van der Waals surface area contributed by atoms with Gasteiger partial charge in [0.25, 0.3) is 0 Å². The summed E-state index contributed by atoms with van der Waals surface area (Å²) < 4.78 is 5.69. The number of pyridine rings is 1. The minimum absolute atomic E-state index is 0.499. The smallest absolute Gasteiger partial charge is 0.125 e. The lowest BCUT2D eigenvalue weighted by Crippen LogP contribution is -2.19. The van der Waals surface area contributed by atoms with Crippen LogP contribution in [-0.4, -0.2) is 24.2 Å². The first-order valence-electron chi connectivity index (χ1n) is 6.21. The van der Waals surface area contributed by atoms with Crippen molar-refractivity contribution in [1.29, 1.82) is 0 Å². The van der Waals surface area contributed by atoms with Crippen molar-refractivity contribution in [3.63, 3.8) is 0 Å². The average Bonchev–Trinajstić information content (AvgIpc) is 2.37. The maximum Gasteiger partial charge on any atom is 0.125 e. The van der Waals surface area contributed by atoms with Crippen LogP contribution in [0.15, 0.2) is 24.4 Å². The van der Waals surface area contributed by atoms with E-state index in [4.69, 9.17) is 4.74 Å². The highest BCUT2D eigenvalue weighted by molar-refractivity contribution is 5.32. The van der Waals surface area contributed by atoms with E-state index in [1.807, 2.05) is 24.4 Å². The fourth-order valence-electron chi connectivity index (χ4n) is 2.05. The number of hydrogen-bond donors (Lipinski definition) is 1. The maximum atomic E-state index is 5.69. The summed E-state index contributed by atoms with van der Waals surface area (Å²) in [5.74, 6) is 0.965. The Labute approximate surface area is 97.2 Å². The molecule has 1 unspecified atom stereocenters. The van der Waals surface area contributed by atoms with Crippen LogP contribution in [0.2, 0.25) is 0 Å². The van der Waals surface area contributed by atoms with E-state index in [0.717, 1.165) is 25.4 Å². The van der Waals surface area contributed by atoms with Crippen molar-refractivity contribution in [3.8, 4) is 0 Å². The lowest BCUT2D eigenvalue weighted by Gasteiger charge is -2.22. The lowest BCUT2D eigenvalue weighted by molar-refractivity contribution is 0.0107. The maximum absolute atomic E-state index is 5.69. The molecule has 2 rings (SSSR count). The molecule has 88 valence electrons. The molecular formula is C13H20N2O. The quantitative estimate of drug-likeness (QED) is 0.775. The number of aromatic nitrogens is 1. The molecule has 1 aromatic heterocycles. The van der Waals surface area contributed by atoms with Gasteiger partial charge in [-0.3, -0.25) is 0 Å². The van der Waals surface area contributed by atoms with E-state index in [9.17, 15) is 0 Å². The highest BCUT2D eigenvalue weighted by Gasteiger charge is 2.12. The number of rotatable bonds is 5. The molecule has 1 aliphatic heterocycles. The van der Waals surface area contributed by atoms with Gasteiger partial charge in [-0.15, -0.1) is 0 Å². The first-order valence-corrected chi connectivity index (χ1v) is 6.21. The fraction of sp³-hybridized carbons (Fsp3) is 0.615. The summed E-state index contributed by atoms with van der Waals surface area (Å²) in [6.07, 6.45) is 8.44. The van der Waals surface area contributed by atoms with Gasteiger partial charge in [0.2, 0.25) is 0 Å². The van der Waals surface area contributed by atoms with Crippen LogP contribution in [0.1, 0.15) is 32.1 Å². The normalized spacial score (nSPS) is 20.6. The van der Waals surface area contributed by atoms with Crippen LogP contribution in [0.4, 0.5) is 5.82 Å². The van der Waals surface area contributed by atoms with Gasteiger partial charge in [0, 0.05) is 19.3 Å². The molecule has 1 fully saturated rings. The molecule has 0 bridgehead atoms. The van der Waals surface area contributed by atoms with Crippen LogP contribution >= 0.6 is 0 Å². The van der Waals surface area contributed by atoms with Crippen LogP contribution in [-0.2, 0) is 4.74 Å². The Morgan fingerprint density at radius 2 is 2.38 bits per heavy atom. The SMILES string of the molecule is c1ccc(NCCCC2CCCCO2)nc1. The molecule has 3 nitrogen and oxygen atoms in total. The molecule has 1 aliphatic rings. The summed E-state index contributed by atoms with van der Waals surface area (Å²) >= 11 is 0. The molecular weight excluding hydrogens is 200 g/mol. The zero-order valence-electron chi connectivity index (χ0n) is 9.69. The monoisotopic (exact) mass is 220 g/mol. The second-order valence-electron chi connectivity index (χ2n) is 4.27. The molecule has 0 aliphatic carbocycles. The largest absolute Gasteiger partial charge is 0.378 e. The van der Waals surface area contributed by atoms with Gasteiger partial charge >= 0.3 is 0 Å². The molecule has 0 aromatic carbocycles. The predicted octanol–water partition coefficient (Wildman–Crippen LogP) is 2.84. The molecule has 0 spiro atoms. The summed E-state index contributed by atoms with van der Waals surface area (Å²) in [6, 6.07) is 5.93. The molecule has 2 heterocycles. The second kappa shape index (κ2) is 6.48. The van der Waals surface area contributed by atoms with Gasteiger partial charge in [-0.25, -0.2) is 4.98 Å². The van der Waals surface area contributed by atoms with E-state index >= 15 is 0 Å². The predicted molar refractivity (Wildman–Crippen MR) is 65.6 cm³/mol. The van der Waals surface area contributed by atoms with E-state index in [0.29, 0.717) is 6.10 Å². The summed E-state index contributed by atoms with van der Waals surface area (Å²) in [4.78, 5) is 4.22. The number of hydrogen-bond acceptors (Lipinski definition) is 3. The van der Waals surface area contributed by atoms with Gasteiger partial charge in [-0.2, -0.15) is 0 Å². The highest BCUT2D eigenvalue weighted by Crippen LogP contribution is 2.16. The summed E-state index contributed by atoms with van der Waals surface area (Å²) in [5.41, 5.74) is 0. The number of nitrogens with one attached hydrogen (secondary N) is 1. The van der Waals surface area contributed by atoms with E-state index in [-0.39, 0.29) is 0 Å². The second-order valence-corrected chi connectivity index (χ2v) is 4.27. The first-order chi connectivity index (χ1) is 7.95. The van der Waals surface area contributed by atoms with Crippen molar-refractivity contribution in [1.82, 2.24) is 4.98 Å². The molecule has 1 N–H and O–H groups in total. The van der Waals surface area contributed by atoms with Gasteiger partial charge in [0.1, 0.15) is 5.82 Å². The molecule has 1 saturated heterocycles. The Bertz CT molecular complexity index is 283. The molecule has 16 heavy (non-hydrogen) atoms. The van der Waals surface area contributed by atoms with Crippen molar-refractivity contribution in [2.45, 2.75) is 38.2 Å². The van der Waals surface area contributed by atoms with E-state index < -0.39 is 0 Å². The fourth-order valence-corrected chi connectivity index (χ4v) is 2.05. The van der Waals surface area contributed by atoms with Crippen LogP contribution in [0.3, 0.4) is 0 Å². The average molecular weight is 220 g/mol. The third-order valence-electron chi connectivity index (χ3n) is 2.95. The number of anilines is 1. The third-order valence-corrected chi connectivity index (χ3v) is 2.95. The van der Waals surface area contributed by atoms with Gasteiger partial charge in [-0.1, -0.05) is 6.07 Å². The Balaban J connectivity index is 1.58. The Morgan fingerprint density at radius 3 is 3.12 bits per heavy atom. The zero-order chi connectivity index (χ0) is 11.1. The Kier molecular flexibility index (Phi) is 4.62. The van der Waals surface area contributed by atoms with E-state index in [2.05, 4.69) is 10.3 Å². The van der Waals surface area contributed by atoms with Crippen LogP contribution < -0.4 is 5.32 Å². The highest BCUT2D eigenvalue weighted by atomic mass is 16.5. The van der Waals surface area contributed by atoms with Crippen molar-refractivity contribution in [3.05, 3.63) is 24.4 Å². The molecule has 1 aromatic rings. The third kappa shape index (κ3) is 3.81. The standard InChI is InChI=1S/C13H20N2O/c1-3-9-14-13(8-1)15-10-5-7-12-6-2-4-11-16-12/h1,3,8-9,12H,2,4-7,10-11H2,(H,14,15). The zero-order valence-corrected chi connectivity index (χ0v) is 9.69. The topological polar surface area (TPSA) is 34.1 Å². The van der Waals surface area contributed by atoms with Gasteiger partial charge in [-0.05, 0) is 44.2 Å². The molecule has 1 atom stereocenters. The van der Waals surface area contributed by atoms with Gasteiger partial charge < -0.3 is 10.1 Å². The summed E-state index contributed by atoms with van der Waals surface area (Å²) in [6.45, 7) is 1.94. The molecule has 0 radical (unpaired) electrons. The summed E-state index contributed by atoms with van der Waals surface area (Å²) in [7, 11) is 0. The summed E-state index contributed by atoms with van der Waals surface area (Å²) in [5, 5.41) is 3.32. The van der Waals surface area contributed by atoms with Crippen molar-refractivity contribution >= 4 is 5.82 Å². The van der Waals surface area contributed by atoms with E-state index in [1.165, 1.54) is 25.7 Å². The van der Waals surface area contributed by atoms with Gasteiger partial charge in [0.05, 0.1) is 6.10 Å². The van der Waals surface area contributed by atoms with Crippen LogP contribution in [0.5, 0.6) is 0 Å². The lowest BCUT2D eigenvalue weighted by atomic mass is 10.0. The first kappa shape index (κ1) is 11.4. The minimum atomic E-state index is 0.499. The molecule has 0 amide bonds. The Hall–Kier alpha value is -1.09.